The lowest BCUT2D eigenvalue weighted by Crippen LogP contribution is -2.06. The number of methoxy groups -OCH3 is 1. The van der Waals surface area contributed by atoms with Crippen molar-refractivity contribution in [2.75, 3.05) is 13.7 Å². The monoisotopic (exact) mass is 474 g/mol. The standard InChI is InChI=1S/C21H19BrN2O6/c1-4-7-29-19-15(22)8-13(10-18(19)28-3)9-16-21(25)30-20(23-16)14-6-5-12(2)17(11-14)24(26)27/h5-6,8-11H,4,7H2,1-3H3/b16-9-. The fourth-order valence-corrected chi connectivity index (χ4v) is 3.37. The molecule has 8 nitrogen and oxygen atoms in total. The molecule has 0 amide bonds. The summed E-state index contributed by atoms with van der Waals surface area (Å²) in [5, 5.41) is 11.2. The second-order valence-electron chi connectivity index (χ2n) is 6.48. The average Bonchev–Trinajstić information content (AvgIpc) is 3.07. The number of cyclic esters (lactones) is 1. The highest BCUT2D eigenvalue weighted by Crippen LogP contribution is 2.37. The van der Waals surface area contributed by atoms with Crippen LogP contribution in [-0.4, -0.2) is 30.5 Å². The van der Waals surface area contributed by atoms with E-state index in [2.05, 4.69) is 20.9 Å². The van der Waals surface area contributed by atoms with Crippen LogP contribution >= 0.6 is 15.9 Å². The molecule has 0 radical (unpaired) electrons. The van der Waals surface area contributed by atoms with Gasteiger partial charge in [0, 0.05) is 17.2 Å². The minimum atomic E-state index is -0.644. The molecule has 0 saturated heterocycles. The normalized spacial score (nSPS) is 14.5. The number of ether oxygens (including phenoxy) is 3. The Bertz CT molecular complexity index is 1080. The molecule has 0 fully saturated rings. The van der Waals surface area contributed by atoms with Crippen LogP contribution in [0.15, 0.2) is 45.5 Å². The summed E-state index contributed by atoms with van der Waals surface area (Å²) in [6, 6.07) is 8.04. The van der Waals surface area contributed by atoms with E-state index in [1.807, 2.05) is 6.92 Å². The number of esters is 1. The maximum Gasteiger partial charge on any atom is 0.363 e. The molecule has 0 aromatic heterocycles. The number of rotatable bonds is 7. The van der Waals surface area contributed by atoms with Gasteiger partial charge < -0.3 is 14.2 Å². The van der Waals surface area contributed by atoms with Gasteiger partial charge in [-0.15, -0.1) is 0 Å². The number of aliphatic imine (C=N–C) groups is 1. The second kappa shape index (κ2) is 9.08. The van der Waals surface area contributed by atoms with E-state index in [4.69, 9.17) is 14.2 Å². The number of benzene rings is 2. The predicted octanol–water partition coefficient (Wildman–Crippen LogP) is 4.81. The minimum Gasteiger partial charge on any atom is -0.493 e. The van der Waals surface area contributed by atoms with Crippen molar-refractivity contribution < 1.29 is 23.9 Å². The summed E-state index contributed by atoms with van der Waals surface area (Å²) in [7, 11) is 1.53. The van der Waals surface area contributed by atoms with Gasteiger partial charge in [0.2, 0.25) is 5.90 Å². The zero-order chi connectivity index (χ0) is 21.8. The number of carbonyl (C=O) groups excluding carboxylic acids is 1. The molecule has 156 valence electrons. The van der Waals surface area contributed by atoms with Gasteiger partial charge in [-0.3, -0.25) is 10.1 Å². The van der Waals surface area contributed by atoms with E-state index in [9.17, 15) is 14.9 Å². The van der Waals surface area contributed by atoms with Crippen LogP contribution in [-0.2, 0) is 9.53 Å². The third-order valence-corrected chi connectivity index (χ3v) is 4.87. The topological polar surface area (TPSA) is 100 Å². The summed E-state index contributed by atoms with van der Waals surface area (Å²) in [5.41, 5.74) is 1.51. The number of halogens is 1. The summed E-state index contributed by atoms with van der Waals surface area (Å²) in [4.78, 5) is 27.2. The molecule has 0 spiro atoms. The van der Waals surface area contributed by atoms with E-state index in [0.717, 1.165) is 6.42 Å². The Morgan fingerprint density at radius 2 is 2.07 bits per heavy atom. The molecule has 1 heterocycles. The number of nitrogens with zero attached hydrogens (tertiary/aromatic N) is 2. The first-order valence-corrected chi connectivity index (χ1v) is 9.91. The van der Waals surface area contributed by atoms with Crippen molar-refractivity contribution in [1.29, 1.82) is 0 Å². The molecule has 0 saturated carbocycles. The summed E-state index contributed by atoms with van der Waals surface area (Å²) >= 11 is 3.46. The van der Waals surface area contributed by atoms with Crippen molar-refractivity contribution in [3.63, 3.8) is 0 Å². The minimum absolute atomic E-state index is 0.0169. The molecule has 9 heteroatoms. The van der Waals surface area contributed by atoms with Crippen molar-refractivity contribution in [3.8, 4) is 11.5 Å². The maximum atomic E-state index is 12.3. The third kappa shape index (κ3) is 4.51. The molecule has 0 atom stereocenters. The number of aryl methyl sites for hydroxylation is 1. The fraction of sp³-hybridized carbons (Fsp3) is 0.238. The zero-order valence-electron chi connectivity index (χ0n) is 16.6. The third-order valence-electron chi connectivity index (χ3n) is 4.28. The van der Waals surface area contributed by atoms with Gasteiger partial charge in [-0.2, -0.15) is 0 Å². The summed E-state index contributed by atoms with van der Waals surface area (Å²) < 4.78 is 17.0. The van der Waals surface area contributed by atoms with E-state index in [1.165, 1.54) is 13.2 Å². The molecule has 0 unspecified atom stereocenters. The Hall–Kier alpha value is -3.20. The predicted molar refractivity (Wildman–Crippen MR) is 115 cm³/mol. The highest BCUT2D eigenvalue weighted by atomic mass is 79.9. The van der Waals surface area contributed by atoms with Gasteiger partial charge >= 0.3 is 5.97 Å². The summed E-state index contributed by atoms with van der Waals surface area (Å²) in [6.07, 6.45) is 2.40. The van der Waals surface area contributed by atoms with Crippen molar-refractivity contribution in [2.24, 2.45) is 4.99 Å². The van der Waals surface area contributed by atoms with Crippen LogP contribution in [0.5, 0.6) is 11.5 Å². The number of hydrogen-bond donors (Lipinski definition) is 0. The van der Waals surface area contributed by atoms with Gasteiger partial charge in [-0.05, 0) is 59.1 Å². The number of nitro benzene ring substituents is 1. The first-order valence-electron chi connectivity index (χ1n) is 9.12. The number of carbonyl (C=O) groups is 1. The molecule has 30 heavy (non-hydrogen) atoms. The largest absolute Gasteiger partial charge is 0.493 e. The highest BCUT2D eigenvalue weighted by Gasteiger charge is 2.26. The van der Waals surface area contributed by atoms with Gasteiger partial charge in [-0.25, -0.2) is 9.79 Å². The Morgan fingerprint density at radius 1 is 1.30 bits per heavy atom. The van der Waals surface area contributed by atoms with Crippen LogP contribution in [0, 0.1) is 17.0 Å². The second-order valence-corrected chi connectivity index (χ2v) is 7.33. The lowest BCUT2D eigenvalue weighted by molar-refractivity contribution is -0.385. The quantitative estimate of drug-likeness (QED) is 0.247. The molecule has 3 rings (SSSR count). The average molecular weight is 475 g/mol. The Morgan fingerprint density at radius 3 is 2.73 bits per heavy atom. The molecule has 0 bridgehead atoms. The van der Waals surface area contributed by atoms with Crippen LogP contribution in [0.2, 0.25) is 0 Å². The SMILES string of the molecule is CCCOc1c(Br)cc(/C=C2\N=C(c3ccc(C)c([N+](=O)[O-])c3)OC2=O)cc1OC. The lowest BCUT2D eigenvalue weighted by Gasteiger charge is -2.13. The molecule has 2 aromatic rings. The van der Waals surface area contributed by atoms with Crippen molar-refractivity contribution >= 4 is 39.6 Å². The van der Waals surface area contributed by atoms with Crippen LogP contribution in [0.1, 0.15) is 30.0 Å². The maximum absolute atomic E-state index is 12.3. The lowest BCUT2D eigenvalue weighted by atomic mass is 10.1. The van der Waals surface area contributed by atoms with Crippen LogP contribution < -0.4 is 9.47 Å². The zero-order valence-corrected chi connectivity index (χ0v) is 18.2. The van der Waals surface area contributed by atoms with E-state index in [1.54, 1.807) is 37.3 Å². The first kappa shape index (κ1) is 21.5. The fourth-order valence-electron chi connectivity index (χ4n) is 2.80. The summed E-state index contributed by atoms with van der Waals surface area (Å²) in [5.74, 6) is 0.457. The molecular formula is C21H19BrN2O6. The van der Waals surface area contributed by atoms with Crippen molar-refractivity contribution in [3.05, 3.63) is 67.3 Å². The molecule has 1 aliphatic rings. The molecule has 2 aromatic carbocycles. The molecule has 0 N–H and O–H groups in total. The van der Waals surface area contributed by atoms with Gasteiger partial charge in [0.25, 0.3) is 5.69 Å². The molecule has 0 aliphatic carbocycles. The van der Waals surface area contributed by atoms with Gasteiger partial charge in [0.1, 0.15) is 0 Å². The van der Waals surface area contributed by atoms with Crippen molar-refractivity contribution in [2.45, 2.75) is 20.3 Å². The Kier molecular flexibility index (Phi) is 6.51. The van der Waals surface area contributed by atoms with E-state index < -0.39 is 10.9 Å². The molecule has 1 aliphatic heterocycles. The van der Waals surface area contributed by atoms with Gasteiger partial charge in [0.15, 0.2) is 17.2 Å². The van der Waals surface area contributed by atoms with Crippen LogP contribution in [0.4, 0.5) is 5.69 Å². The smallest absolute Gasteiger partial charge is 0.363 e. The number of nitro groups is 1. The Balaban J connectivity index is 1.96. The first-order chi connectivity index (χ1) is 14.3. The summed E-state index contributed by atoms with van der Waals surface area (Å²) in [6.45, 7) is 4.18. The number of hydrogen-bond acceptors (Lipinski definition) is 7. The highest BCUT2D eigenvalue weighted by molar-refractivity contribution is 9.10. The van der Waals surface area contributed by atoms with Crippen LogP contribution in [0.25, 0.3) is 6.08 Å². The van der Waals surface area contributed by atoms with Crippen molar-refractivity contribution in [1.82, 2.24) is 0 Å². The Labute approximate surface area is 181 Å². The van der Waals surface area contributed by atoms with E-state index in [-0.39, 0.29) is 17.3 Å². The van der Waals surface area contributed by atoms with Gasteiger partial charge in [-0.1, -0.05) is 13.0 Å². The van der Waals surface area contributed by atoms with Gasteiger partial charge in [0.05, 0.1) is 23.1 Å². The van der Waals surface area contributed by atoms with E-state index >= 15 is 0 Å². The van der Waals surface area contributed by atoms with E-state index in [0.29, 0.717) is 39.3 Å². The van der Waals surface area contributed by atoms with Crippen LogP contribution in [0.3, 0.4) is 0 Å². The molecular weight excluding hydrogens is 456 g/mol.